The molecule has 0 bridgehead atoms. The first kappa shape index (κ1) is 20.7. The first-order valence-corrected chi connectivity index (χ1v) is 9.97. The fourth-order valence-corrected chi connectivity index (χ4v) is 3.05. The number of aromatic nitrogens is 4. The Balaban J connectivity index is 1.57. The van der Waals surface area contributed by atoms with Crippen molar-refractivity contribution < 1.29 is 14.0 Å². The Morgan fingerprint density at radius 1 is 1.24 bits per heavy atom. The standard InChI is InChI=1S/C20H24N6O2S/c1-4-5-6-9-28-18-8-7-15(11-22-18)23-20(29)24-19(27)16-12-21-17-10-13(2)25-26(17)14(16)3/h7-8,10-12H,4-6,9H2,1-3H3,(H2,23,24,27,29)/p+1. The zero-order chi connectivity index (χ0) is 20.8. The highest BCUT2D eigenvalue weighted by atomic mass is 32.1. The number of nitrogens with zero attached hydrogens (tertiary/aromatic N) is 3. The van der Waals surface area contributed by atoms with Gasteiger partial charge < -0.3 is 10.1 Å². The summed E-state index contributed by atoms with van der Waals surface area (Å²) in [4.78, 5) is 21.1. The van der Waals surface area contributed by atoms with Gasteiger partial charge in [-0.05, 0) is 36.6 Å². The summed E-state index contributed by atoms with van der Waals surface area (Å²) >= 11 is 5.25. The highest BCUT2D eigenvalue weighted by Gasteiger charge is 2.20. The van der Waals surface area contributed by atoms with Crippen molar-refractivity contribution in [2.75, 3.05) is 11.9 Å². The van der Waals surface area contributed by atoms with Crippen molar-refractivity contribution in [2.24, 2.45) is 0 Å². The van der Waals surface area contributed by atoms with E-state index in [4.69, 9.17) is 17.0 Å². The molecule has 9 heteroatoms. The fourth-order valence-electron chi connectivity index (χ4n) is 2.84. The monoisotopic (exact) mass is 413 g/mol. The van der Waals surface area contributed by atoms with Gasteiger partial charge in [0.05, 0.1) is 30.3 Å². The first-order chi connectivity index (χ1) is 14.0. The lowest BCUT2D eigenvalue weighted by Crippen LogP contribution is -2.38. The Hall–Kier alpha value is -3.07. The number of fused-ring (bicyclic) bond motifs is 1. The molecule has 3 aromatic rings. The normalized spacial score (nSPS) is 10.7. The van der Waals surface area contributed by atoms with E-state index in [-0.39, 0.29) is 11.0 Å². The first-order valence-electron chi connectivity index (χ1n) is 9.56. The van der Waals surface area contributed by atoms with E-state index in [1.54, 1.807) is 29.0 Å². The summed E-state index contributed by atoms with van der Waals surface area (Å²) in [6, 6.07) is 5.48. The number of carbonyl (C=O) groups is 1. The van der Waals surface area contributed by atoms with Crippen LogP contribution in [-0.4, -0.2) is 32.7 Å². The van der Waals surface area contributed by atoms with Crippen molar-refractivity contribution >= 4 is 34.6 Å². The third-order valence-corrected chi connectivity index (χ3v) is 4.58. The molecule has 0 saturated carbocycles. The molecule has 0 radical (unpaired) electrons. The molecule has 0 saturated heterocycles. The molecular formula is C20H25N6O2S+. The average Bonchev–Trinajstić information content (AvgIpc) is 3.08. The zero-order valence-electron chi connectivity index (χ0n) is 16.8. The molecule has 152 valence electrons. The number of nitrogens with one attached hydrogen (secondary N) is 3. The summed E-state index contributed by atoms with van der Waals surface area (Å²) in [5.74, 6) is 0.230. The quantitative estimate of drug-likeness (QED) is 0.313. The number of hydrogen-bond acceptors (Lipinski definition) is 5. The summed E-state index contributed by atoms with van der Waals surface area (Å²) in [6.07, 6.45) is 6.45. The summed E-state index contributed by atoms with van der Waals surface area (Å²) < 4.78 is 7.35. The van der Waals surface area contributed by atoms with E-state index < -0.39 is 0 Å². The number of carbonyl (C=O) groups excluding carboxylic acids is 1. The number of ether oxygens (including phenoxy) is 1. The van der Waals surface area contributed by atoms with Crippen molar-refractivity contribution in [2.45, 2.75) is 40.0 Å². The number of hydrogen-bond donors (Lipinski definition) is 3. The number of aromatic amines is 1. The van der Waals surface area contributed by atoms with Gasteiger partial charge in [-0.1, -0.05) is 19.8 Å². The SMILES string of the molecule is CCCCCOc1ccc(NC(=S)NC(=O)c2cnc3cc(C)[nH][n+]3c2C)cn1. The van der Waals surface area contributed by atoms with Gasteiger partial charge in [-0.25, -0.2) is 10.1 Å². The van der Waals surface area contributed by atoms with Crippen LogP contribution in [0.4, 0.5) is 5.69 Å². The van der Waals surface area contributed by atoms with E-state index in [1.165, 1.54) is 0 Å². The maximum absolute atomic E-state index is 12.6. The minimum Gasteiger partial charge on any atom is -0.478 e. The molecule has 29 heavy (non-hydrogen) atoms. The summed E-state index contributed by atoms with van der Waals surface area (Å²) in [6.45, 7) is 6.58. The number of amides is 1. The van der Waals surface area contributed by atoms with Gasteiger partial charge in [-0.2, -0.15) is 0 Å². The molecule has 0 spiro atoms. The van der Waals surface area contributed by atoms with Crippen LogP contribution in [0.1, 0.15) is 47.9 Å². The summed E-state index contributed by atoms with van der Waals surface area (Å²) in [7, 11) is 0. The molecule has 3 aromatic heterocycles. The maximum atomic E-state index is 12.6. The third kappa shape index (κ3) is 5.26. The van der Waals surface area contributed by atoms with Crippen molar-refractivity contribution in [1.82, 2.24) is 20.4 Å². The van der Waals surface area contributed by atoms with E-state index in [2.05, 4.69) is 32.6 Å². The molecular weight excluding hydrogens is 388 g/mol. The second-order valence-electron chi connectivity index (χ2n) is 6.74. The third-order valence-electron chi connectivity index (χ3n) is 4.38. The van der Waals surface area contributed by atoms with Crippen molar-refractivity contribution in [3.63, 3.8) is 0 Å². The molecule has 0 aliphatic rings. The Morgan fingerprint density at radius 3 is 2.79 bits per heavy atom. The number of unbranched alkanes of at least 4 members (excludes halogenated alkanes) is 2. The minimum atomic E-state index is -0.335. The van der Waals surface area contributed by atoms with Crippen LogP contribution in [-0.2, 0) is 0 Å². The molecule has 0 aliphatic heterocycles. The van der Waals surface area contributed by atoms with E-state index in [9.17, 15) is 4.79 Å². The smallest absolute Gasteiger partial charge is 0.348 e. The van der Waals surface area contributed by atoms with Crippen LogP contribution < -0.4 is 19.9 Å². The molecule has 3 heterocycles. The Kier molecular flexibility index (Phi) is 6.71. The molecule has 0 aromatic carbocycles. The van der Waals surface area contributed by atoms with Crippen LogP contribution in [0.3, 0.4) is 0 Å². The number of anilines is 1. The van der Waals surface area contributed by atoms with Gasteiger partial charge >= 0.3 is 5.65 Å². The number of thiocarbonyl (C=S) groups is 1. The number of rotatable bonds is 7. The van der Waals surface area contributed by atoms with Crippen LogP contribution >= 0.6 is 12.2 Å². The van der Waals surface area contributed by atoms with E-state index in [1.807, 2.05) is 19.9 Å². The minimum absolute atomic E-state index is 0.181. The molecule has 0 atom stereocenters. The molecule has 0 aliphatic carbocycles. The van der Waals surface area contributed by atoms with Gasteiger partial charge in [0.1, 0.15) is 11.3 Å². The molecule has 3 N–H and O–H groups in total. The summed E-state index contributed by atoms with van der Waals surface area (Å²) in [5, 5.41) is 8.96. The van der Waals surface area contributed by atoms with Crippen LogP contribution in [0.5, 0.6) is 5.88 Å². The predicted molar refractivity (Wildman–Crippen MR) is 114 cm³/mol. The van der Waals surface area contributed by atoms with Crippen LogP contribution in [0.15, 0.2) is 30.6 Å². The maximum Gasteiger partial charge on any atom is 0.348 e. The van der Waals surface area contributed by atoms with Crippen LogP contribution in [0.2, 0.25) is 0 Å². The van der Waals surface area contributed by atoms with E-state index >= 15 is 0 Å². The van der Waals surface area contributed by atoms with Crippen molar-refractivity contribution in [3.8, 4) is 5.88 Å². The lowest BCUT2D eigenvalue weighted by molar-refractivity contribution is -0.586. The predicted octanol–water partition coefficient (Wildman–Crippen LogP) is 2.86. The highest BCUT2D eigenvalue weighted by molar-refractivity contribution is 7.80. The van der Waals surface area contributed by atoms with Crippen LogP contribution in [0.25, 0.3) is 5.65 Å². The number of H-pyrrole nitrogens is 1. The van der Waals surface area contributed by atoms with Gasteiger partial charge in [0.25, 0.3) is 5.91 Å². The highest BCUT2D eigenvalue weighted by Crippen LogP contribution is 2.12. The molecule has 0 unspecified atom stereocenters. The van der Waals surface area contributed by atoms with Gasteiger partial charge in [-0.15, -0.1) is 4.52 Å². The average molecular weight is 414 g/mol. The lowest BCUT2D eigenvalue weighted by atomic mass is 10.2. The molecule has 1 amide bonds. The van der Waals surface area contributed by atoms with Gasteiger partial charge in [0, 0.05) is 13.0 Å². The van der Waals surface area contributed by atoms with Crippen LogP contribution in [0, 0.1) is 13.8 Å². The van der Waals surface area contributed by atoms with E-state index in [0.717, 1.165) is 36.3 Å². The lowest BCUT2D eigenvalue weighted by Gasteiger charge is -2.10. The van der Waals surface area contributed by atoms with Crippen molar-refractivity contribution in [3.05, 3.63) is 47.5 Å². The van der Waals surface area contributed by atoms with Gasteiger partial charge in [-0.3, -0.25) is 10.1 Å². The molecule has 3 rings (SSSR count). The second-order valence-corrected chi connectivity index (χ2v) is 7.15. The molecule has 8 nitrogen and oxygen atoms in total. The summed E-state index contributed by atoms with van der Waals surface area (Å²) in [5.41, 5.74) is 3.55. The number of pyridine rings is 1. The fraction of sp³-hybridized carbons (Fsp3) is 0.350. The Labute approximate surface area is 174 Å². The molecule has 0 fully saturated rings. The Bertz CT molecular complexity index is 1020. The van der Waals surface area contributed by atoms with Crippen molar-refractivity contribution in [1.29, 1.82) is 0 Å². The topological polar surface area (TPSA) is 96.0 Å². The van der Waals surface area contributed by atoms with Gasteiger partial charge in [0.15, 0.2) is 11.3 Å². The second kappa shape index (κ2) is 9.42. The zero-order valence-corrected chi connectivity index (χ0v) is 17.6. The van der Waals surface area contributed by atoms with E-state index in [0.29, 0.717) is 23.7 Å². The van der Waals surface area contributed by atoms with Gasteiger partial charge in [0.2, 0.25) is 5.88 Å². The Morgan fingerprint density at radius 2 is 2.07 bits per heavy atom. The largest absolute Gasteiger partial charge is 0.478 e. The number of aryl methyl sites for hydroxylation is 2.